The first kappa shape index (κ1) is 69.1. The average molecular weight is 1210 g/mol. The van der Waals surface area contributed by atoms with Crippen molar-refractivity contribution >= 4 is 77.5 Å². The molecule has 1 unspecified atom stereocenters. The van der Waals surface area contributed by atoms with Gasteiger partial charge in [-0.05, 0) is 6.92 Å². The standard InChI is InChI=1S/C52H71NO31/c1-20-52(53-21(2)54,35-16-34(17-68-22(3)55)38(72-25(6)58)42(74-27(8)60)39(35)73-26(7)59)48(80-33(14)66)47(79-32(13)65)51(71-20)84-41-37(19-70-24(5)57)82-50(46(78-31(12)64)44(41)76-29(10)62)83-40-36(18-69-23(4)56)81-49(67-15)45(77-30(11)63)43(40)75-28(9)61/h16,20,35-51H,17-19H2,1-15H3,(H,53,54)/t20-,35+,36-,37-,38-,39+,40-,41-,42+,43+,44+,45-,46-,47-,48-,49-,50-,51?,52+/m1/s1. The summed E-state index contributed by atoms with van der Waals surface area (Å²) in [5.74, 6) is -14.8. The van der Waals surface area contributed by atoms with Crippen LogP contribution in [0.5, 0.6) is 0 Å². The number of methoxy groups -OCH3 is 1. The minimum Gasteiger partial charge on any atom is -0.463 e. The van der Waals surface area contributed by atoms with Crippen LogP contribution in [0.15, 0.2) is 11.6 Å². The third kappa shape index (κ3) is 18.3. The fourth-order valence-corrected chi connectivity index (χ4v) is 10.2. The first-order valence-electron chi connectivity index (χ1n) is 25.9. The van der Waals surface area contributed by atoms with Crippen LogP contribution in [-0.4, -0.2) is 214 Å². The molecular formula is C52H71NO31. The van der Waals surface area contributed by atoms with Crippen molar-refractivity contribution in [2.45, 2.75) is 207 Å². The van der Waals surface area contributed by atoms with Crippen LogP contribution < -0.4 is 5.32 Å². The molecule has 19 atom stereocenters. The zero-order valence-electron chi connectivity index (χ0n) is 48.7. The van der Waals surface area contributed by atoms with Gasteiger partial charge in [0.05, 0.1) is 6.10 Å². The second-order valence-electron chi connectivity index (χ2n) is 19.5. The maximum atomic E-state index is 13.8. The lowest BCUT2D eigenvalue weighted by Gasteiger charge is -2.58. The van der Waals surface area contributed by atoms with Crippen molar-refractivity contribution in [3.05, 3.63) is 11.6 Å². The Morgan fingerprint density at radius 3 is 1.19 bits per heavy atom. The van der Waals surface area contributed by atoms with Crippen LogP contribution in [0.4, 0.5) is 0 Å². The molecule has 32 nitrogen and oxygen atoms in total. The number of hydrogen-bond acceptors (Lipinski definition) is 31. The molecule has 0 aromatic heterocycles. The van der Waals surface area contributed by atoms with Crippen molar-refractivity contribution in [2.24, 2.45) is 5.92 Å². The maximum Gasteiger partial charge on any atom is 0.303 e. The normalized spacial score (nSPS) is 32.6. The minimum absolute atomic E-state index is 0.150. The van der Waals surface area contributed by atoms with Crippen LogP contribution in [0.25, 0.3) is 0 Å². The molecule has 3 heterocycles. The summed E-state index contributed by atoms with van der Waals surface area (Å²) in [6.07, 6.45) is -30.5. The summed E-state index contributed by atoms with van der Waals surface area (Å²) >= 11 is 0. The summed E-state index contributed by atoms with van der Waals surface area (Å²) in [5, 5.41) is 2.71. The predicted molar refractivity (Wildman–Crippen MR) is 266 cm³/mol. The molecule has 84 heavy (non-hydrogen) atoms. The number of hydrogen-bond donors (Lipinski definition) is 1. The van der Waals surface area contributed by atoms with E-state index in [1.54, 1.807) is 0 Å². The molecule has 1 amide bonds. The number of esters is 12. The van der Waals surface area contributed by atoms with E-state index in [-0.39, 0.29) is 5.57 Å². The van der Waals surface area contributed by atoms with E-state index in [4.69, 9.17) is 85.3 Å². The first-order valence-corrected chi connectivity index (χ1v) is 25.9. The molecule has 0 aromatic carbocycles. The van der Waals surface area contributed by atoms with Crippen molar-refractivity contribution < 1.29 is 148 Å². The molecule has 0 radical (unpaired) electrons. The van der Waals surface area contributed by atoms with Gasteiger partial charge in [0.2, 0.25) is 5.91 Å². The lowest BCUT2D eigenvalue weighted by atomic mass is 9.65. The summed E-state index contributed by atoms with van der Waals surface area (Å²) in [6, 6.07) is 0. The fraction of sp³-hybridized carbons (Fsp3) is 0.712. The topological polar surface area (TPSA) is 400 Å². The molecule has 0 bridgehead atoms. The number of carbonyl (C=O) groups excluding carboxylic acids is 13. The van der Waals surface area contributed by atoms with E-state index in [0.717, 1.165) is 97.1 Å². The van der Waals surface area contributed by atoms with Gasteiger partial charge < -0.3 is 90.6 Å². The Kier molecular flexibility index (Phi) is 25.0. The Morgan fingerprint density at radius 2 is 0.786 bits per heavy atom. The fourth-order valence-electron chi connectivity index (χ4n) is 10.2. The van der Waals surface area contributed by atoms with E-state index in [0.29, 0.717) is 0 Å². The van der Waals surface area contributed by atoms with Gasteiger partial charge in [-0.15, -0.1) is 0 Å². The Balaban J connectivity index is 2.07. The SMILES string of the molecule is CO[C@@H]1O[C@H](COC(C)=O)[C@@H](O[C@H]2O[C@H](COC(C)=O)[C@@H](OC3O[C@H](C)[C@](NC(C)=O)([C@H]4C=C(COC(C)=O)[C@@H](OC(C)=O)[C@H](OC(C)=O)[C@H]4OC(C)=O)[C@H](OC(C)=O)[C@H]3OC(C)=O)[C@H](OC(C)=O)[C@H]2OC(C)=O)[C@H](OC(C)=O)[C@H]1OC(C)=O. The van der Waals surface area contributed by atoms with Gasteiger partial charge in [-0.1, -0.05) is 6.08 Å². The van der Waals surface area contributed by atoms with Crippen LogP contribution in [0, 0.1) is 5.92 Å². The number of rotatable bonds is 22. The lowest BCUT2D eigenvalue weighted by molar-refractivity contribution is -0.379. The van der Waals surface area contributed by atoms with E-state index < -0.39 is 213 Å². The molecule has 0 aromatic rings. The summed E-state index contributed by atoms with van der Waals surface area (Å²) in [7, 11) is 1.15. The molecular weight excluding hydrogens is 1130 g/mol. The van der Waals surface area contributed by atoms with Crippen molar-refractivity contribution in [1.82, 2.24) is 5.32 Å². The number of nitrogens with one attached hydrogen (secondary N) is 1. The molecule has 3 aliphatic heterocycles. The molecule has 1 aliphatic carbocycles. The number of carbonyl (C=O) groups is 13. The van der Waals surface area contributed by atoms with E-state index in [1.165, 1.54) is 13.0 Å². The molecule has 0 spiro atoms. The molecule has 470 valence electrons. The minimum atomic E-state index is -2.44. The van der Waals surface area contributed by atoms with E-state index in [2.05, 4.69) is 5.32 Å². The van der Waals surface area contributed by atoms with Gasteiger partial charge in [0.25, 0.3) is 0 Å². The average Bonchev–Trinajstić information content (AvgIpc) is 0.761. The van der Waals surface area contributed by atoms with E-state index in [9.17, 15) is 62.3 Å². The second-order valence-corrected chi connectivity index (χ2v) is 19.5. The van der Waals surface area contributed by atoms with Gasteiger partial charge in [0.1, 0.15) is 49.8 Å². The highest BCUT2D eigenvalue weighted by atomic mass is 16.8. The molecule has 3 saturated heterocycles. The zero-order valence-corrected chi connectivity index (χ0v) is 48.7. The molecule has 4 rings (SSSR count). The third-order valence-corrected chi connectivity index (χ3v) is 12.8. The summed E-state index contributed by atoms with van der Waals surface area (Å²) < 4.78 is 105. The highest BCUT2D eigenvalue weighted by Crippen LogP contribution is 2.47. The Morgan fingerprint density at radius 1 is 0.417 bits per heavy atom. The van der Waals surface area contributed by atoms with Crippen LogP contribution >= 0.6 is 0 Å². The first-order chi connectivity index (χ1) is 39.2. The largest absolute Gasteiger partial charge is 0.463 e. The molecule has 3 fully saturated rings. The van der Waals surface area contributed by atoms with E-state index >= 15 is 0 Å². The van der Waals surface area contributed by atoms with Crippen molar-refractivity contribution in [1.29, 1.82) is 0 Å². The van der Waals surface area contributed by atoms with Crippen LogP contribution in [0.2, 0.25) is 0 Å². The molecule has 32 heteroatoms. The molecule has 0 saturated carbocycles. The summed E-state index contributed by atoms with van der Waals surface area (Å²) in [4.78, 5) is 169. The Bertz CT molecular complexity index is 2510. The van der Waals surface area contributed by atoms with Gasteiger partial charge in [-0.3, -0.25) is 62.3 Å². The second kappa shape index (κ2) is 30.4. The highest BCUT2D eigenvalue weighted by molar-refractivity contribution is 5.76. The van der Waals surface area contributed by atoms with Crippen molar-refractivity contribution in [2.75, 3.05) is 26.9 Å². The van der Waals surface area contributed by atoms with Crippen LogP contribution in [-0.2, 0) is 148 Å². The van der Waals surface area contributed by atoms with Gasteiger partial charge in [-0.25, -0.2) is 0 Å². The Labute approximate surface area is 480 Å². The van der Waals surface area contributed by atoms with Crippen LogP contribution in [0.3, 0.4) is 0 Å². The van der Waals surface area contributed by atoms with Gasteiger partial charge in [-0.2, -0.15) is 0 Å². The van der Waals surface area contributed by atoms with E-state index in [1.807, 2.05) is 0 Å². The van der Waals surface area contributed by atoms with Crippen LogP contribution in [0.1, 0.15) is 96.9 Å². The number of amides is 1. The number of ether oxygens (including phenoxy) is 18. The quantitative estimate of drug-likeness (QED) is 0.0780. The maximum absolute atomic E-state index is 13.8. The van der Waals surface area contributed by atoms with Crippen molar-refractivity contribution in [3.63, 3.8) is 0 Å². The van der Waals surface area contributed by atoms with Gasteiger partial charge in [0, 0.05) is 109 Å². The van der Waals surface area contributed by atoms with Gasteiger partial charge >= 0.3 is 71.6 Å². The Hall–Kier alpha value is -7.39. The third-order valence-electron chi connectivity index (χ3n) is 12.8. The molecule has 1 N–H and O–H groups in total. The molecule has 4 aliphatic rings. The summed E-state index contributed by atoms with van der Waals surface area (Å²) in [6.45, 7) is 11.7. The highest BCUT2D eigenvalue weighted by Gasteiger charge is 2.68. The summed E-state index contributed by atoms with van der Waals surface area (Å²) in [5.41, 5.74) is -2.59. The lowest BCUT2D eigenvalue weighted by Crippen LogP contribution is -2.79. The monoisotopic (exact) mass is 1210 g/mol. The predicted octanol–water partition coefficient (Wildman–Crippen LogP) is -0.896. The van der Waals surface area contributed by atoms with Crippen molar-refractivity contribution in [3.8, 4) is 0 Å². The zero-order chi connectivity index (χ0) is 63.2. The van der Waals surface area contributed by atoms with Gasteiger partial charge in [0.15, 0.2) is 73.8 Å². The smallest absolute Gasteiger partial charge is 0.303 e.